The molecule has 0 aromatic rings. The summed E-state index contributed by atoms with van der Waals surface area (Å²) in [5, 5.41) is 2.76. The summed E-state index contributed by atoms with van der Waals surface area (Å²) >= 11 is 0. The van der Waals surface area contributed by atoms with Crippen LogP contribution in [0.1, 0.15) is 13.3 Å². The fourth-order valence-corrected chi connectivity index (χ4v) is 1.23. The Balaban J connectivity index is 2.40. The molecule has 76 valence electrons. The van der Waals surface area contributed by atoms with Crippen LogP contribution in [0.2, 0.25) is 0 Å². The third-order valence-corrected chi connectivity index (χ3v) is 1.97. The van der Waals surface area contributed by atoms with Gasteiger partial charge in [0.1, 0.15) is 0 Å². The minimum Gasteiger partial charge on any atom is -0.326 e. The largest absolute Gasteiger partial charge is 0.390 e. The summed E-state index contributed by atoms with van der Waals surface area (Å²) in [7, 11) is 0. The van der Waals surface area contributed by atoms with Crippen LogP contribution in [0.3, 0.4) is 0 Å². The summed E-state index contributed by atoms with van der Waals surface area (Å²) in [6.07, 6.45) is -5.41. The highest BCUT2D eigenvalue weighted by Crippen LogP contribution is 2.20. The molecule has 1 aliphatic heterocycles. The molecule has 1 atom stereocenters. The van der Waals surface area contributed by atoms with Crippen molar-refractivity contribution in [3.8, 4) is 0 Å². The Hall–Kier alpha value is -0.780. The third-order valence-electron chi connectivity index (χ3n) is 1.97. The van der Waals surface area contributed by atoms with E-state index in [1.54, 1.807) is 6.92 Å². The Morgan fingerprint density at radius 2 is 2.23 bits per heavy atom. The fraction of sp³-hybridized carbons (Fsp3) is 0.857. The van der Waals surface area contributed by atoms with Gasteiger partial charge in [-0.15, -0.1) is 0 Å². The van der Waals surface area contributed by atoms with Crippen LogP contribution in [0, 0.1) is 0 Å². The lowest BCUT2D eigenvalue weighted by Gasteiger charge is -2.21. The Kier molecular flexibility index (Phi) is 2.80. The van der Waals surface area contributed by atoms with E-state index in [4.69, 9.17) is 0 Å². The number of alkyl halides is 3. The van der Waals surface area contributed by atoms with E-state index in [9.17, 15) is 18.0 Å². The SMILES string of the molecule is CC1NCC(=O)N1CCC(F)(F)F. The van der Waals surface area contributed by atoms with Crippen LogP contribution in [0.5, 0.6) is 0 Å². The Morgan fingerprint density at radius 1 is 1.62 bits per heavy atom. The number of hydrogen-bond donors (Lipinski definition) is 1. The van der Waals surface area contributed by atoms with E-state index >= 15 is 0 Å². The number of carbonyl (C=O) groups excluding carboxylic acids is 1. The van der Waals surface area contributed by atoms with E-state index in [0.717, 1.165) is 0 Å². The van der Waals surface area contributed by atoms with Crippen molar-refractivity contribution in [1.29, 1.82) is 0 Å². The van der Waals surface area contributed by atoms with E-state index in [-0.39, 0.29) is 25.2 Å². The Labute approximate surface area is 73.9 Å². The van der Waals surface area contributed by atoms with E-state index in [1.807, 2.05) is 0 Å². The first-order valence-corrected chi connectivity index (χ1v) is 4.00. The average Bonchev–Trinajstić information content (AvgIpc) is 2.27. The number of nitrogens with one attached hydrogen (secondary N) is 1. The minimum absolute atomic E-state index is 0.138. The first-order valence-electron chi connectivity index (χ1n) is 4.00. The molecule has 0 saturated carbocycles. The maximum atomic E-state index is 11.8. The van der Waals surface area contributed by atoms with Gasteiger partial charge in [-0.2, -0.15) is 13.2 Å². The predicted octanol–water partition coefficient (Wildman–Crippen LogP) is 0.717. The van der Waals surface area contributed by atoms with Gasteiger partial charge in [0.25, 0.3) is 0 Å². The van der Waals surface area contributed by atoms with Crippen molar-refractivity contribution in [3.63, 3.8) is 0 Å². The number of halogens is 3. The van der Waals surface area contributed by atoms with Gasteiger partial charge in [-0.05, 0) is 6.92 Å². The molecule has 0 spiro atoms. The zero-order chi connectivity index (χ0) is 10.1. The molecule has 0 aromatic heterocycles. The van der Waals surface area contributed by atoms with Crippen LogP contribution >= 0.6 is 0 Å². The van der Waals surface area contributed by atoms with Gasteiger partial charge in [0.15, 0.2) is 0 Å². The summed E-state index contributed by atoms with van der Waals surface area (Å²) in [6.45, 7) is 1.55. The molecule has 3 nitrogen and oxygen atoms in total. The van der Waals surface area contributed by atoms with Gasteiger partial charge in [0.2, 0.25) is 5.91 Å². The third kappa shape index (κ3) is 2.87. The van der Waals surface area contributed by atoms with Crippen LogP contribution < -0.4 is 5.32 Å². The zero-order valence-corrected chi connectivity index (χ0v) is 7.19. The molecule has 0 bridgehead atoms. The van der Waals surface area contributed by atoms with Crippen molar-refractivity contribution >= 4 is 5.91 Å². The highest BCUT2D eigenvalue weighted by atomic mass is 19.4. The lowest BCUT2D eigenvalue weighted by Crippen LogP contribution is -2.37. The van der Waals surface area contributed by atoms with Crippen LogP contribution in [0.15, 0.2) is 0 Å². The number of hydrogen-bond acceptors (Lipinski definition) is 2. The van der Waals surface area contributed by atoms with E-state index in [0.29, 0.717) is 0 Å². The van der Waals surface area contributed by atoms with Crippen molar-refractivity contribution in [2.24, 2.45) is 0 Å². The van der Waals surface area contributed by atoms with Crippen molar-refractivity contribution in [2.45, 2.75) is 25.7 Å². The summed E-state index contributed by atoms with van der Waals surface area (Å²) in [5.74, 6) is -0.267. The second-order valence-electron chi connectivity index (χ2n) is 3.01. The molecule has 1 N–H and O–H groups in total. The summed E-state index contributed by atoms with van der Waals surface area (Å²) < 4.78 is 35.4. The summed E-state index contributed by atoms with van der Waals surface area (Å²) in [6, 6.07) is 0. The maximum absolute atomic E-state index is 11.8. The Morgan fingerprint density at radius 3 is 2.62 bits per heavy atom. The monoisotopic (exact) mass is 196 g/mol. The van der Waals surface area contributed by atoms with Crippen LogP contribution in [0.4, 0.5) is 13.2 Å². The summed E-state index contributed by atoms with van der Waals surface area (Å²) in [5.41, 5.74) is 0. The minimum atomic E-state index is -4.19. The van der Waals surface area contributed by atoms with Crippen molar-refractivity contribution < 1.29 is 18.0 Å². The normalized spacial score (nSPS) is 24.2. The molecule has 1 unspecified atom stereocenters. The van der Waals surface area contributed by atoms with E-state index in [1.165, 1.54) is 4.90 Å². The molecular weight excluding hydrogens is 185 g/mol. The lowest BCUT2D eigenvalue weighted by atomic mass is 10.3. The first kappa shape index (κ1) is 10.3. The molecule has 0 radical (unpaired) electrons. The maximum Gasteiger partial charge on any atom is 0.390 e. The standard InChI is InChI=1S/C7H11F3N2O/c1-5-11-4-6(13)12(5)3-2-7(8,9)10/h5,11H,2-4H2,1H3. The Bertz CT molecular complexity index is 204. The topological polar surface area (TPSA) is 32.3 Å². The molecule has 1 heterocycles. The lowest BCUT2D eigenvalue weighted by molar-refractivity contribution is -0.144. The van der Waals surface area contributed by atoms with Crippen molar-refractivity contribution in [3.05, 3.63) is 0 Å². The zero-order valence-electron chi connectivity index (χ0n) is 7.19. The average molecular weight is 196 g/mol. The van der Waals surface area contributed by atoms with Gasteiger partial charge >= 0.3 is 6.18 Å². The van der Waals surface area contributed by atoms with Crippen molar-refractivity contribution in [2.75, 3.05) is 13.1 Å². The highest BCUT2D eigenvalue weighted by molar-refractivity contribution is 5.80. The molecule has 0 aliphatic carbocycles. The van der Waals surface area contributed by atoms with Gasteiger partial charge < -0.3 is 4.90 Å². The smallest absolute Gasteiger partial charge is 0.326 e. The predicted molar refractivity (Wildman–Crippen MR) is 39.8 cm³/mol. The quantitative estimate of drug-likeness (QED) is 0.705. The molecule has 1 fully saturated rings. The van der Waals surface area contributed by atoms with Crippen molar-refractivity contribution in [1.82, 2.24) is 10.2 Å². The highest BCUT2D eigenvalue weighted by Gasteiger charge is 2.32. The molecule has 1 saturated heterocycles. The van der Waals surface area contributed by atoms with Gasteiger partial charge in [-0.1, -0.05) is 0 Å². The van der Waals surface area contributed by atoms with E-state index < -0.39 is 12.6 Å². The molecule has 6 heteroatoms. The van der Waals surface area contributed by atoms with Crippen LogP contribution in [0.25, 0.3) is 0 Å². The number of rotatable bonds is 2. The molecule has 1 aliphatic rings. The van der Waals surface area contributed by atoms with E-state index in [2.05, 4.69) is 5.32 Å². The molecule has 1 amide bonds. The number of nitrogens with zero attached hydrogens (tertiary/aromatic N) is 1. The first-order chi connectivity index (χ1) is 5.90. The van der Waals surface area contributed by atoms with Crippen LogP contribution in [-0.2, 0) is 4.79 Å². The fourth-order valence-electron chi connectivity index (χ4n) is 1.23. The number of carbonyl (C=O) groups is 1. The van der Waals surface area contributed by atoms with Gasteiger partial charge in [0.05, 0.1) is 19.1 Å². The number of amides is 1. The molecule has 13 heavy (non-hydrogen) atoms. The summed E-state index contributed by atoms with van der Waals surface area (Å²) in [4.78, 5) is 12.2. The second kappa shape index (κ2) is 3.53. The van der Waals surface area contributed by atoms with Gasteiger partial charge in [0, 0.05) is 6.54 Å². The molecule has 1 rings (SSSR count). The van der Waals surface area contributed by atoms with Gasteiger partial charge in [-0.3, -0.25) is 10.1 Å². The molecular formula is C7H11F3N2O. The molecule has 0 aromatic carbocycles. The second-order valence-corrected chi connectivity index (χ2v) is 3.01. The van der Waals surface area contributed by atoms with Crippen LogP contribution in [-0.4, -0.2) is 36.2 Å². The van der Waals surface area contributed by atoms with Gasteiger partial charge in [-0.25, -0.2) is 0 Å².